The smallest absolute Gasteiger partial charge is 0.305 e. The molecule has 0 heterocycles. The molecule has 430 valence electrons. The highest BCUT2D eigenvalue weighted by Crippen LogP contribution is 2.19. The van der Waals surface area contributed by atoms with Gasteiger partial charge in [0.05, 0.1) is 25.4 Å². The predicted molar refractivity (Wildman–Crippen MR) is 315 cm³/mol. The Bertz CT molecular complexity index is 1040. The third-order valence-electron chi connectivity index (χ3n) is 15.9. The van der Waals surface area contributed by atoms with Gasteiger partial charge in [-0.15, -0.1) is 0 Å². The fourth-order valence-electron chi connectivity index (χ4n) is 10.8. The van der Waals surface area contributed by atoms with Crippen LogP contribution in [0.25, 0.3) is 0 Å². The van der Waals surface area contributed by atoms with Crippen LogP contribution in [-0.2, 0) is 14.3 Å². The number of carbonyl (C=O) groups excluding carboxylic acids is 2. The molecule has 1 amide bonds. The molecule has 0 saturated heterocycles. The molecule has 0 bridgehead atoms. The lowest BCUT2D eigenvalue weighted by Gasteiger charge is -2.22. The zero-order valence-corrected chi connectivity index (χ0v) is 49.2. The topological polar surface area (TPSA) is 95.9 Å². The van der Waals surface area contributed by atoms with Crippen LogP contribution in [0.15, 0.2) is 0 Å². The van der Waals surface area contributed by atoms with Gasteiger partial charge in [-0.1, -0.05) is 348 Å². The predicted octanol–water partition coefficient (Wildman–Crippen LogP) is 21.0. The Hall–Kier alpha value is -1.14. The van der Waals surface area contributed by atoms with E-state index in [1.54, 1.807) is 0 Å². The Morgan fingerprint density at radius 1 is 0.333 bits per heavy atom. The van der Waals surface area contributed by atoms with Gasteiger partial charge in [0.1, 0.15) is 0 Å². The molecule has 0 fully saturated rings. The van der Waals surface area contributed by atoms with Gasteiger partial charge in [0.2, 0.25) is 5.91 Å². The Balaban J connectivity index is 3.38. The van der Waals surface area contributed by atoms with E-state index in [-0.39, 0.29) is 18.5 Å². The summed E-state index contributed by atoms with van der Waals surface area (Å²) in [6.07, 6.45) is 74.1. The van der Waals surface area contributed by atoms with Crippen LogP contribution in [0.3, 0.4) is 0 Å². The van der Waals surface area contributed by atoms with E-state index in [1.165, 1.54) is 315 Å². The summed E-state index contributed by atoms with van der Waals surface area (Å²) in [6.45, 7) is 4.99. The summed E-state index contributed by atoms with van der Waals surface area (Å²) < 4.78 is 5.49. The molecule has 6 heteroatoms. The first-order chi connectivity index (χ1) is 35.5. The molecule has 0 aromatic heterocycles. The second-order valence-corrected chi connectivity index (χ2v) is 23.2. The summed E-state index contributed by atoms with van der Waals surface area (Å²) in [5, 5.41) is 23.4. The molecule has 6 nitrogen and oxygen atoms in total. The first-order valence-electron chi connectivity index (χ1n) is 33.3. The Kier molecular flexibility index (Phi) is 61.4. The van der Waals surface area contributed by atoms with Crippen LogP contribution in [0.5, 0.6) is 0 Å². The Morgan fingerprint density at radius 2 is 0.569 bits per heavy atom. The second kappa shape index (κ2) is 62.4. The summed E-state index contributed by atoms with van der Waals surface area (Å²) >= 11 is 0. The quantitative estimate of drug-likeness (QED) is 0.0417. The summed E-state index contributed by atoms with van der Waals surface area (Å²) in [5.74, 6) is -0.0192. The molecular weight excluding hydrogens is 887 g/mol. The summed E-state index contributed by atoms with van der Waals surface area (Å²) in [7, 11) is 0. The monoisotopic (exact) mass is 1020 g/mol. The average molecular weight is 1020 g/mol. The van der Waals surface area contributed by atoms with Crippen LogP contribution in [-0.4, -0.2) is 47.4 Å². The number of hydrogen-bond acceptors (Lipinski definition) is 5. The van der Waals surface area contributed by atoms with E-state index in [0.29, 0.717) is 25.9 Å². The maximum atomic E-state index is 12.5. The van der Waals surface area contributed by atoms with Crippen molar-refractivity contribution < 1.29 is 24.5 Å². The van der Waals surface area contributed by atoms with Crippen LogP contribution in [0, 0.1) is 0 Å². The molecular formula is C66H131NO5. The third-order valence-corrected chi connectivity index (χ3v) is 15.9. The minimum absolute atomic E-state index is 0.0135. The summed E-state index contributed by atoms with van der Waals surface area (Å²) in [4.78, 5) is 24.6. The molecule has 0 aromatic carbocycles. The van der Waals surface area contributed by atoms with Gasteiger partial charge in [-0.2, -0.15) is 0 Å². The summed E-state index contributed by atoms with van der Waals surface area (Å²) in [6, 6.07) is -0.543. The lowest BCUT2D eigenvalue weighted by molar-refractivity contribution is -0.143. The van der Waals surface area contributed by atoms with Crippen LogP contribution >= 0.6 is 0 Å². The molecule has 72 heavy (non-hydrogen) atoms. The lowest BCUT2D eigenvalue weighted by Crippen LogP contribution is -2.45. The van der Waals surface area contributed by atoms with Crippen molar-refractivity contribution in [2.45, 2.75) is 398 Å². The minimum Gasteiger partial charge on any atom is -0.466 e. The lowest BCUT2D eigenvalue weighted by atomic mass is 10.0. The van der Waals surface area contributed by atoms with Gasteiger partial charge in [0, 0.05) is 12.8 Å². The third kappa shape index (κ3) is 58.1. The van der Waals surface area contributed by atoms with Gasteiger partial charge in [0.15, 0.2) is 0 Å². The Morgan fingerprint density at radius 3 is 0.847 bits per heavy atom. The molecule has 3 N–H and O–H groups in total. The van der Waals surface area contributed by atoms with Gasteiger partial charge in [0.25, 0.3) is 0 Å². The van der Waals surface area contributed by atoms with Gasteiger partial charge >= 0.3 is 5.97 Å². The molecule has 0 aliphatic rings. The van der Waals surface area contributed by atoms with Crippen molar-refractivity contribution in [2.75, 3.05) is 13.2 Å². The number of rotatable bonds is 63. The normalized spacial score (nSPS) is 12.4. The van der Waals surface area contributed by atoms with Crippen LogP contribution in [0.1, 0.15) is 386 Å². The molecule has 0 spiro atoms. The molecule has 0 rings (SSSR count). The van der Waals surface area contributed by atoms with E-state index in [2.05, 4.69) is 19.2 Å². The number of esters is 1. The van der Waals surface area contributed by atoms with Gasteiger partial charge < -0.3 is 20.3 Å². The van der Waals surface area contributed by atoms with E-state index in [1.807, 2.05) is 0 Å². The highest BCUT2D eigenvalue weighted by Gasteiger charge is 2.20. The number of amides is 1. The number of aliphatic hydroxyl groups is 2. The SMILES string of the molecule is CCCCCCCCCCCCCCCCCCCCCCCC(O)C(CO)NC(=O)CCCCCCCCCCCCCCCCCCCCCOC(=O)CCCCCCCCCCCCCCCCC. The van der Waals surface area contributed by atoms with Crippen molar-refractivity contribution in [3.05, 3.63) is 0 Å². The van der Waals surface area contributed by atoms with E-state index in [0.717, 1.165) is 38.5 Å². The van der Waals surface area contributed by atoms with Crippen LogP contribution < -0.4 is 5.32 Å². The zero-order valence-electron chi connectivity index (χ0n) is 49.2. The van der Waals surface area contributed by atoms with Gasteiger partial charge in [-0.3, -0.25) is 9.59 Å². The highest BCUT2D eigenvalue weighted by atomic mass is 16.5. The zero-order chi connectivity index (χ0) is 52.2. The van der Waals surface area contributed by atoms with Crippen molar-refractivity contribution >= 4 is 11.9 Å². The molecule has 2 atom stereocenters. The first-order valence-corrected chi connectivity index (χ1v) is 33.3. The second-order valence-electron chi connectivity index (χ2n) is 23.2. The van der Waals surface area contributed by atoms with Crippen LogP contribution in [0.2, 0.25) is 0 Å². The standard InChI is InChI=1S/C66H131NO5/c1-3-5-7-9-11-13-15-17-19-20-21-22-24-27-31-34-38-42-46-50-54-58-64(69)63(62-68)67-65(70)59-55-51-47-43-39-35-32-28-25-23-26-29-33-37-41-45-49-53-57-61-72-66(71)60-56-52-48-44-40-36-30-18-16-14-12-10-8-6-4-2/h63-64,68-69H,3-62H2,1-2H3,(H,67,70). The molecule has 2 unspecified atom stereocenters. The van der Waals surface area contributed by atoms with Crippen molar-refractivity contribution in [3.63, 3.8) is 0 Å². The molecule has 0 aromatic rings. The van der Waals surface area contributed by atoms with Gasteiger partial charge in [-0.25, -0.2) is 0 Å². The van der Waals surface area contributed by atoms with Crippen molar-refractivity contribution in [1.82, 2.24) is 5.32 Å². The Labute approximate surface area is 451 Å². The number of nitrogens with one attached hydrogen (secondary N) is 1. The molecule has 0 radical (unpaired) electrons. The van der Waals surface area contributed by atoms with E-state index < -0.39 is 12.1 Å². The van der Waals surface area contributed by atoms with Crippen LogP contribution in [0.4, 0.5) is 0 Å². The molecule has 0 saturated carbocycles. The van der Waals surface area contributed by atoms with Crippen molar-refractivity contribution in [1.29, 1.82) is 0 Å². The number of carbonyl (C=O) groups is 2. The fourth-order valence-corrected chi connectivity index (χ4v) is 10.8. The number of hydrogen-bond donors (Lipinski definition) is 3. The number of ether oxygens (including phenoxy) is 1. The van der Waals surface area contributed by atoms with E-state index >= 15 is 0 Å². The van der Waals surface area contributed by atoms with Crippen molar-refractivity contribution in [2.24, 2.45) is 0 Å². The summed E-state index contributed by atoms with van der Waals surface area (Å²) in [5.41, 5.74) is 0. The van der Waals surface area contributed by atoms with Gasteiger partial charge in [-0.05, 0) is 25.7 Å². The highest BCUT2D eigenvalue weighted by molar-refractivity contribution is 5.76. The largest absolute Gasteiger partial charge is 0.466 e. The number of unbranched alkanes of at least 4 members (excludes halogenated alkanes) is 52. The fraction of sp³-hybridized carbons (Fsp3) is 0.970. The van der Waals surface area contributed by atoms with Crippen molar-refractivity contribution in [3.8, 4) is 0 Å². The average Bonchev–Trinajstić information content (AvgIpc) is 3.38. The maximum Gasteiger partial charge on any atom is 0.305 e. The first kappa shape index (κ1) is 70.9. The van der Waals surface area contributed by atoms with E-state index in [4.69, 9.17) is 4.74 Å². The molecule has 0 aliphatic carbocycles. The maximum absolute atomic E-state index is 12.5. The molecule has 0 aliphatic heterocycles. The van der Waals surface area contributed by atoms with E-state index in [9.17, 15) is 19.8 Å². The number of aliphatic hydroxyl groups excluding tert-OH is 2. The minimum atomic E-state index is -0.666.